The van der Waals surface area contributed by atoms with E-state index in [1.54, 1.807) is 18.2 Å². The van der Waals surface area contributed by atoms with Crippen molar-refractivity contribution in [1.82, 2.24) is 5.32 Å². The average Bonchev–Trinajstić information content (AvgIpc) is 2.44. The molecule has 1 amide bonds. The zero-order chi connectivity index (χ0) is 15.1. The smallest absolute Gasteiger partial charge is 0.340 e. The highest BCUT2D eigenvalue weighted by molar-refractivity contribution is 9.10. The van der Waals surface area contributed by atoms with Crippen LogP contribution in [-0.2, 0) is 9.53 Å². The third-order valence-corrected chi connectivity index (χ3v) is 3.41. The monoisotopic (exact) mass is 342 g/mol. The van der Waals surface area contributed by atoms with Crippen LogP contribution in [0.2, 0.25) is 0 Å². The summed E-state index contributed by atoms with van der Waals surface area (Å²) in [5, 5.41) is 2.79. The van der Waals surface area contributed by atoms with Gasteiger partial charge in [-0.2, -0.15) is 0 Å². The molecule has 0 fully saturated rings. The standard InChI is InChI=1S/C14H19BrN2O3/c1-3-10(4-2)17-13(18)8-20-14(19)11-7-9(15)5-6-12(11)16/h5-7,10H,3-4,8,16H2,1-2H3,(H,17,18). The molecule has 0 bridgehead atoms. The van der Waals surface area contributed by atoms with Gasteiger partial charge in [0.25, 0.3) is 5.91 Å². The van der Waals surface area contributed by atoms with Gasteiger partial charge >= 0.3 is 5.97 Å². The lowest BCUT2D eigenvalue weighted by atomic mass is 10.2. The van der Waals surface area contributed by atoms with Crippen molar-refractivity contribution in [1.29, 1.82) is 0 Å². The highest BCUT2D eigenvalue weighted by Crippen LogP contribution is 2.19. The first-order chi connectivity index (χ1) is 9.47. The number of hydrogen-bond donors (Lipinski definition) is 2. The molecule has 20 heavy (non-hydrogen) atoms. The average molecular weight is 343 g/mol. The number of carbonyl (C=O) groups is 2. The zero-order valence-electron chi connectivity index (χ0n) is 11.6. The van der Waals surface area contributed by atoms with Crippen molar-refractivity contribution in [3.63, 3.8) is 0 Å². The van der Waals surface area contributed by atoms with Crippen LogP contribution in [0, 0.1) is 0 Å². The topological polar surface area (TPSA) is 81.4 Å². The molecule has 1 aromatic carbocycles. The summed E-state index contributed by atoms with van der Waals surface area (Å²) in [6.45, 7) is 3.67. The van der Waals surface area contributed by atoms with Gasteiger partial charge in [0.05, 0.1) is 5.56 Å². The first kappa shape index (κ1) is 16.5. The molecule has 110 valence electrons. The molecular formula is C14H19BrN2O3. The Kier molecular flexibility index (Phi) is 6.51. The Bertz CT molecular complexity index is 487. The molecule has 0 aromatic heterocycles. The van der Waals surface area contributed by atoms with Crippen molar-refractivity contribution in [3.05, 3.63) is 28.2 Å². The van der Waals surface area contributed by atoms with Crippen molar-refractivity contribution in [3.8, 4) is 0 Å². The Hall–Kier alpha value is -1.56. The van der Waals surface area contributed by atoms with E-state index in [1.165, 1.54) is 0 Å². The van der Waals surface area contributed by atoms with E-state index in [-0.39, 0.29) is 24.1 Å². The predicted octanol–water partition coefficient (Wildman–Crippen LogP) is 2.49. The van der Waals surface area contributed by atoms with Crippen molar-refractivity contribution in [2.75, 3.05) is 12.3 Å². The van der Waals surface area contributed by atoms with Gasteiger partial charge in [0.2, 0.25) is 0 Å². The quantitative estimate of drug-likeness (QED) is 0.614. The molecule has 0 saturated heterocycles. The van der Waals surface area contributed by atoms with E-state index in [0.29, 0.717) is 5.69 Å². The van der Waals surface area contributed by atoms with Crippen molar-refractivity contribution in [2.45, 2.75) is 32.7 Å². The number of nitrogens with one attached hydrogen (secondary N) is 1. The largest absolute Gasteiger partial charge is 0.452 e. The molecule has 0 spiro atoms. The number of ether oxygens (including phenoxy) is 1. The maximum Gasteiger partial charge on any atom is 0.340 e. The van der Waals surface area contributed by atoms with Gasteiger partial charge in [0, 0.05) is 16.2 Å². The number of rotatable bonds is 6. The van der Waals surface area contributed by atoms with Crippen LogP contribution >= 0.6 is 15.9 Å². The van der Waals surface area contributed by atoms with E-state index >= 15 is 0 Å². The Balaban J connectivity index is 2.55. The lowest BCUT2D eigenvalue weighted by Gasteiger charge is -2.14. The Morgan fingerprint density at radius 2 is 2.00 bits per heavy atom. The van der Waals surface area contributed by atoms with E-state index in [9.17, 15) is 9.59 Å². The maximum atomic E-state index is 11.8. The second-order valence-electron chi connectivity index (χ2n) is 4.39. The van der Waals surface area contributed by atoms with Crippen LogP contribution in [0.15, 0.2) is 22.7 Å². The number of halogens is 1. The van der Waals surface area contributed by atoms with E-state index in [0.717, 1.165) is 17.3 Å². The molecule has 1 rings (SSSR count). The van der Waals surface area contributed by atoms with E-state index in [4.69, 9.17) is 10.5 Å². The summed E-state index contributed by atoms with van der Waals surface area (Å²) in [6.07, 6.45) is 1.68. The first-order valence-corrected chi connectivity index (χ1v) is 7.28. The lowest BCUT2D eigenvalue weighted by molar-refractivity contribution is -0.125. The third-order valence-electron chi connectivity index (χ3n) is 2.92. The van der Waals surface area contributed by atoms with Crippen molar-refractivity contribution >= 4 is 33.5 Å². The molecule has 0 aliphatic carbocycles. The third kappa shape index (κ3) is 4.85. The fraction of sp³-hybridized carbons (Fsp3) is 0.429. The van der Waals surface area contributed by atoms with Crippen LogP contribution in [0.3, 0.4) is 0 Å². The summed E-state index contributed by atoms with van der Waals surface area (Å²) >= 11 is 3.25. The fourth-order valence-corrected chi connectivity index (χ4v) is 2.04. The minimum atomic E-state index is -0.608. The van der Waals surface area contributed by atoms with Gasteiger partial charge in [-0.25, -0.2) is 4.79 Å². The van der Waals surface area contributed by atoms with Gasteiger partial charge in [-0.05, 0) is 31.0 Å². The van der Waals surface area contributed by atoms with Crippen LogP contribution in [0.5, 0.6) is 0 Å². The van der Waals surface area contributed by atoms with Gasteiger partial charge in [-0.1, -0.05) is 29.8 Å². The summed E-state index contributed by atoms with van der Waals surface area (Å²) in [5.41, 5.74) is 6.26. The number of hydrogen-bond acceptors (Lipinski definition) is 4. The molecule has 0 heterocycles. The highest BCUT2D eigenvalue weighted by atomic mass is 79.9. The van der Waals surface area contributed by atoms with Crippen LogP contribution < -0.4 is 11.1 Å². The Morgan fingerprint density at radius 3 is 2.60 bits per heavy atom. The molecule has 0 atom stereocenters. The Morgan fingerprint density at radius 1 is 1.35 bits per heavy atom. The fourth-order valence-electron chi connectivity index (χ4n) is 1.68. The number of nitrogens with two attached hydrogens (primary N) is 1. The van der Waals surface area contributed by atoms with Gasteiger partial charge in [-0.3, -0.25) is 4.79 Å². The molecule has 6 heteroatoms. The molecule has 1 aromatic rings. The van der Waals surface area contributed by atoms with Crippen LogP contribution in [0.4, 0.5) is 5.69 Å². The number of nitrogen functional groups attached to an aromatic ring is 1. The SMILES string of the molecule is CCC(CC)NC(=O)COC(=O)c1cc(Br)ccc1N. The number of esters is 1. The van der Waals surface area contributed by atoms with Gasteiger partial charge in [0.15, 0.2) is 6.61 Å². The maximum absolute atomic E-state index is 11.8. The number of carbonyl (C=O) groups excluding carboxylic acids is 2. The van der Waals surface area contributed by atoms with E-state index < -0.39 is 5.97 Å². The van der Waals surface area contributed by atoms with Crippen molar-refractivity contribution < 1.29 is 14.3 Å². The minimum absolute atomic E-state index is 0.108. The molecule has 0 radical (unpaired) electrons. The van der Waals surface area contributed by atoms with Crippen LogP contribution in [0.25, 0.3) is 0 Å². The van der Waals surface area contributed by atoms with E-state index in [1.807, 2.05) is 13.8 Å². The molecule has 0 aliphatic rings. The second kappa shape index (κ2) is 7.89. The molecule has 0 saturated carbocycles. The van der Waals surface area contributed by atoms with Gasteiger partial charge in [0.1, 0.15) is 0 Å². The molecule has 0 unspecified atom stereocenters. The normalized spacial score (nSPS) is 10.4. The summed E-state index contributed by atoms with van der Waals surface area (Å²) in [7, 11) is 0. The molecule has 0 aliphatic heterocycles. The molecule has 5 nitrogen and oxygen atoms in total. The summed E-state index contributed by atoms with van der Waals surface area (Å²) in [5.74, 6) is -0.913. The first-order valence-electron chi connectivity index (χ1n) is 6.49. The van der Waals surface area contributed by atoms with Gasteiger partial charge in [-0.15, -0.1) is 0 Å². The van der Waals surface area contributed by atoms with Crippen molar-refractivity contribution in [2.24, 2.45) is 0 Å². The van der Waals surface area contributed by atoms with Gasteiger partial charge < -0.3 is 15.8 Å². The van der Waals surface area contributed by atoms with Crippen LogP contribution in [-0.4, -0.2) is 24.5 Å². The van der Waals surface area contributed by atoms with Crippen LogP contribution in [0.1, 0.15) is 37.0 Å². The van der Waals surface area contributed by atoms with E-state index in [2.05, 4.69) is 21.2 Å². The molecular weight excluding hydrogens is 324 g/mol. The number of amides is 1. The number of anilines is 1. The second-order valence-corrected chi connectivity index (χ2v) is 5.30. The minimum Gasteiger partial charge on any atom is -0.452 e. The summed E-state index contributed by atoms with van der Waals surface area (Å²) < 4.78 is 5.69. The summed E-state index contributed by atoms with van der Waals surface area (Å²) in [6, 6.07) is 5.00. The Labute approximate surface area is 127 Å². The summed E-state index contributed by atoms with van der Waals surface area (Å²) in [4.78, 5) is 23.5. The lowest BCUT2D eigenvalue weighted by Crippen LogP contribution is -2.36. The molecule has 3 N–H and O–H groups in total. The zero-order valence-corrected chi connectivity index (χ0v) is 13.2. The predicted molar refractivity (Wildman–Crippen MR) is 81.3 cm³/mol. The highest BCUT2D eigenvalue weighted by Gasteiger charge is 2.15. The number of benzene rings is 1.